The van der Waals surface area contributed by atoms with Crippen molar-refractivity contribution in [2.45, 2.75) is 18.9 Å². The average molecular weight is 244 g/mol. The lowest BCUT2D eigenvalue weighted by atomic mass is 10.2. The van der Waals surface area contributed by atoms with Crippen molar-refractivity contribution in [2.75, 3.05) is 0 Å². The molecule has 0 saturated heterocycles. The summed E-state index contributed by atoms with van der Waals surface area (Å²) in [5.74, 6) is -1.64. The Labute approximate surface area is 84.9 Å². The third kappa shape index (κ3) is 24.6. The van der Waals surface area contributed by atoms with Gasteiger partial charge in [-0.3, -0.25) is 9.59 Å². The number of primary amides is 1. The molecule has 0 aromatic carbocycles. The highest BCUT2D eigenvalue weighted by Gasteiger charge is 2.11. The molecule has 0 bridgehead atoms. The summed E-state index contributed by atoms with van der Waals surface area (Å²) in [7, 11) is -4.64. The van der Waals surface area contributed by atoms with Crippen molar-refractivity contribution in [1.29, 1.82) is 0 Å². The molecule has 0 spiro atoms. The fourth-order valence-electron chi connectivity index (χ4n) is 0.421. The minimum absolute atomic E-state index is 0.0213. The molecular weight excluding hydrogens is 231 g/mol. The van der Waals surface area contributed by atoms with Crippen LogP contribution >= 0.6 is 7.82 Å². The van der Waals surface area contributed by atoms with E-state index in [1.165, 1.54) is 0 Å². The summed E-state index contributed by atoms with van der Waals surface area (Å²) in [6, 6.07) is -0.979. The number of rotatable bonds is 4. The van der Waals surface area contributed by atoms with E-state index < -0.39 is 25.7 Å². The van der Waals surface area contributed by atoms with Crippen LogP contribution in [0.15, 0.2) is 0 Å². The van der Waals surface area contributed by atoms with Gasteiger partial charge < -0.3 is 31.3 Å². The van der Waals surface area contributed by atoms with Crippen molar-refractivity contribution in [3.05, 3.63) is 0 Å². The van der Waals surface area contributed by atoms with Crippen LogP contribution in [0.1, 0.15) is 12.8 Å². The van der Waals surface area contributed by atoms with Gasteiger partial charge in [0.2, 0.25) is 5.91 Å². The molecule has 9 nitrogen and oxygen atoms in total. The van der Waals surface area contributed by atoms with E-state index in [2.05, 4.69) is 0 Å². The number of aliphatic carboxylic acids is 1. The van der Waals surface area contributed by atoms with Gasteiger partial charge in [0.05, 0.1) is 0 Å². The van der Waals surface area contributed by atoms with Crippen LogP contribution in [0.2, 0.25) is 0 Å². The van der Waals surface area contributed by atoms with Gasteiger partial charge in [0, 0.05) is 6.42 Å². The van der Waals surface area contributed by atoms with Crippen molar-refractivity contribution in [2.24, 2.45) is 11.5 Å². The first-order chi connectivity index (χ1) is 6.54. The molecule has 0 fully saturated rings. The topological polar surface area (TPSA) is 184 Å². The second-order valence-corrected chi connectivity index (χ2v) is 3.49. The van der Waals surface area contributed by atoms with Gasteiger partial charge in [-0.15, -0.1) is 0 Å². The Hall–Kier alpha value is -0.990. The van der Waals surface area contributed by atoms with Crippen molar-refractivity contribution in [3.8, 4) is 0 Å². The van der Waals surface area contributed by atoms with Crippen LogP contribution in [0.4, 0.5) is 0 Å². The monoisotopic (exact) mass is 244 g/mol. The van der Waals surface area contributed by atoms with Gasteiger partial charge in [0.15, 0.2) is 0 Å². The molecule has 0 rings (SSSR count). The quantitative estimate of drug-likeness (QED) is 0.299. The summed E-state index contributed by atoms with van der Waals surface area (Å²) >= 11 is 0. The minimum Gasteiger partial charge on any atom is -0.480 e. The van der Waals surface area contributed by atoms with Crippen LogP contribution in [0.25, 0.3) is 0 Å². The Morgan fingerprint density at radius 1 is 1.27 bits per heavy atom. The molecule has 1 atom stereocenters. The van der Waals surface area contributed by atoms with E-state index in [-0.39, 0.29) is 12.8 Å². The zero-order chi connectivity index (χ0) is 12.6. The lowest BCUT2D eigenvalue weighted by Gasteiger charge is -2.01. The van der Waals surface area contributed by atoms with E-state index in [1.807, 2.05) is 0 Å². The number of carboxylic acids is 1. The fourth-order valence-corrected chi connectivity index (χ4v) is 0.421. The second-order valence-electron chi connectivity index (χ2n) is 2.46. The molecule has 0 aromatic heterocycles. The first kappa shape index (κ1) is 16.4. The zero-order valence-electron chi connectivity index (χ0n) is 7.61. The van der Waals surface area contributed by atoms with Crippen LogP contribution < -0.4 is 11.5 Å². The molecule has 0 aliphatic carbocycles. The summed E-state index contributed by atoms with van der Waals surface area (Å²) in [5.41, 5.74) is 9.81. The molecule has 15 heavy (non-hydrogen) atoms. The average Bonchev–Trinajstić information content (AvgIpc) is 1.96. The molecule has 0 saturated carbocycles. The number of phosphoric acid groups is 1. The highest BCUT2D eigenvalue weighted by molar-refractivity contribution is 7.45. The van der Waals surface area contributed by atoms with Crippen LogP contribution in [0.3, 0.4) is 0 Å². The number of carbonyl (C=O) groups excluding carboxylic acids is 1. The van der Waals surface area contributed by atoms with Crippen LogP contribution in [-0.4, -0.2) is 37.7 Å². The Balaban J connectivity index is 0. The summed E-state index contributed by atoms with van der Waals surface area (Å²) in [5, 5.41) is 8.22. The van der Waals surface area contributed by atoms with Crippen LogP contribution in [0.5, 0.6) is 0 Å². The zero-order valence-corrected chi connectivity index (χ0v) is 8.50. The molecule has 0 heterocycles. The van der Waals surface area contributed by atoms with Gasteiger partial charge in [-0.2, -0.15) is 0 Å². The third-order valence-corrected chi connectivity index (χ3v) is 1.02. The lowest BCUT2D eigenvalue weighted by Crippen LogP contribution is -2.31. The SMILES string of the molecule is NC(=O)CC[C@H](N)C(=O)O.O=P(O)(O)O. The van der Waals surface area contributed by atoms with E-state index in [9.17, 15) is 9.59 Å². The lowest BCUT2D eigenvalue weighted by molar-refractivity contribution is -0.138. The maximum absolute atomic E-state index is 10.1. The molecule has 0 aromatic rings. The maximum Gasteiger partial charge on any atom is 0.466 e. The van der Waals surface area contributed by atoms with E-state index in [0.29, 0.717) is 0 Å². The molecule has 8 N–H and O–H groups in total. The molecule has 10 heteroatoms. The third-order valence-electron chi connectivity index (χ3n) is 1.02. The number of carbonyl (C=O) groups is 2. The fraction of sp³-hybridized carbons (Fsp3) is 0.600. The molecule has 0 aliphatic heterocycles. The molecule has 0 unspecified atom stereocenters. The minimum atomic E-state index is -4.64. The van der Waals surface area contributed by atoms with Crippen molar-refractivity contribution >= 4 is 19.7 Å². The largest absolute Gasteiger partial charge is 0.480 e. The number of amides is 1. The van der Waals surface area contributed by atoms with Crippen molar-refractivity contribution < 1.29 is 33.9 Å². The van der Waals surface area contributed by atoms with Gasteiger partial charge in [-0.05, 0) is 6.42 Å². The number of hydrogen-bond donors (Lipinski definition) is 6. The Morgan fingerprint density at radius 3 is 1.80 bits per heavy atom. The Bertz CT molecular complexity index is 254. The van der Waals surface area contributed by atoms with Gasteiger partial charge in [-0.1, -0.05) is 0 Å². The normalized spacial score (nSPS) is 12.3. The second kappa shape index (κ2) is 7.32. The molecular formula is C5H13N2O7P. The van der Waals surface area contributed by atoms with E-state index in [1.54, 1.807) is 0 Å². The number of nitrogens with two attached hydrogens (primary N) is 2. The van der Waals surface area contributed by atoms with Gasteiger partial charge in [-0.25, -0.2) is 4.57 Å². The maximum atomic E-state index is 10.1. The smallest absolute Gasteiger partial charge is 0.466 e. The van der Waals surface area contributed by atoms with Gasteiger partial charge in [0.25, 0.3) is 0 Å². The predicted octanol–water partition coefficient (Wildman–Crippen LogP) is -2.26. The van der Waals surface area contributed by atoms with Crippen molar-refractivity contribution in [3.63, 3.8) is 0 Å². The Kier molecular flexibility index (Phi) is 8.02. The summed E-state index contributed by atoms with van der Waals surface area (Å²) in [6.45, 7) is 0. The highest BCUT2D eigenvalue weighted by atomic mass is 31.2. The number of hydrogen-bond acceptors (Lipinski definition) is 4. The Morgan fingerprint density at radius 2 is 1.60 bits per heavy atom. The van der Waals surface area contributed by atoms with E-state index >= 15 is 0 Å². The highest BCUT2D eigenvalue weighted by Crippen LogP contribution is 2.25. The summed E-state index contributed by atoms with van der Waals surface area (Å²) in [6.07, 6.45) is 0.123. The first-order valence-corrected chi connectivity index (χ1v) is 5.15. The summed E-state index contributed by atoms with van der Waals surface area (Å²) in [4.78, 5) is 41.7. The van der Waals surface area contributed by atoms with Crippen molar-refractivity contribution in [1.82, 2.24) is 0 Å². The first-order valence-electron chi connectivity index (χ1n) is 3.59. The van der Waals surface area contributed by atoms with E-state index in [4.69, 9.17) is 35.8 Å². The molecule has 1 amide bonds. The molecule has 90 valence electrons. The van der Waals surface area contributed by atoms with Gasteiger partial charge >= 0.3 is 13.8 Å². The molecule has 0 aliphatic rings. The van der Waals surface area contributed by atoms with Crippen LogP contribution in [-0.2, 0) is 14.2 Å². The summed E-state index contributed by atoms with van der Waals surface area (Å²) < 4.78 is 8.88. The van der Waals surface area contributed by atoms with Gasteiger partial charge in [0.1, 0.15) is 6.04 Å². The standard InChI is InChI=1S/C5H10N2O3.H3O4P/c6-3(5(9)10)1-2-4(7)8;1-5(2,3)4/h3H,1-2,6H2,(H2,7,8)(H,9,10);(H3,1,2,3,4)/t3-;/m0./s1. The molecule has 0 radical (unpaired) electrons. The number of carboxylic acid groups (broad SMARTS) is 1. The van der Waals surface area contributed by atoms with E-state index in [0.717, 1.165) is 0 Å². The van der Waals surface area contributed by atoms with Crippen LogP contribution in [0, 0.1) is 0 Å². The predicted molar refractivity (Wildman–Crippen MR) is 48.3 cm³/mol.